The van der Waals surface area contributed by atoms with Crippen molar-refractivity contribution in [1.82, 2.24) is 14.5 Å². The van der Waals surface area contributed by atoms with Crippen LogP contribution in [0.5, 0.6) is 0 Å². The topological polar surface area (TPSA) is 51.0 Å². The molecule has 162 valence electrons. The lowest BCUT2D eigenvalue weighted by Crippen LogP contribution is -2.33. The van der Waals surface area contributed by atoms with Gasteiger partial charge in [-0.2, -0.15) is 0 Å². The number of hydrogen-bond acceptors (Lipinski definition) is 4. The Kier molecular flexibility index (Phi) is 7.70. The summed E-state index contributed by atoms with van der Waals surface area (Å²) in [6.07, 6.45) is 6.64. The SMILES string of the molecule is Cc1ccc(CC(=O)N(CCCn2ccnc2)c2nc3c(Cl)cccc3s2)c(C)c1.Cl. The Morgan fingerprint density at radius 1 is 1.23 bits per heavy atom. The normalized spacial score (nSPS) is 10.8. The summed E-state index contributed by atoms with van der Waals surface area (Å²) in [5.41, 5.74) is 4.12. The number of aryl methyl sites for hydroxylation is 3. The Balaban J connectivity index is 0.00000272. The van der Waals surface area contributed by atoms with E-state index in [-0.39, 0.29) is 18.3 Å². The molecule has 0 aliphatic rings. The van der Waals surface area contributed by atoms with Crippen molar-refractivity contribution >= 4 is 56.6 Å². The van der Waals surface area contributed by atoms with Crippen molar-refractivity contribution in [3.05, 3.63) is 76.8 Å². The maximum atomic E-state index is 13.3. The van der Waals surface area contributed by atoms with Crippen molar-refractivity contribution in [1.29, 1.82) is 0 Å². The Hall–Kier alpha value is -2.41. The number of para-hydroxylation sites is 1. The molecule has 0 saturated carbocycles. The van der Waals surface area contributed by atoms with Crippen LogP contribution in [0, 0.1) is 13.8 Å². The van der Waals surface area contributed by atoms with Gasteiger partial charge in [0.1, 0.15) is 5.52 Å². The van der Waals surface area contributed by atoms with Crippen LogP contribution >= 0.6 is 35.3 Å². The molecule has 0 spiro atoms. The average Bonchev–Trinajstić information content (AvgIpc) is 3.37. The number of rotatable bonds is 7. The number of anilines is 1. The zero-order chi connectivity index (χ0) is 21.1. The predicted octanol–water partition coefficient (Wildman–Crippen LogP) is 5.85. The molecule has 0 saturated heterocycles. The number of thiazole rings is 1. The number of carbonyl (C=O) groups is 1. The van der Waals surface area contributed by atoms with Gasteiger partial charge in [0, 0.05) is 25.5 Å². The van der Waals surface area contributed by atoms with Gasteiger partial charge < -0.3 is 4.57 Å². The molecule has 1 amide bonds. The molecule has 2 aromatic heterocycles. The first-order chi connectivity index (χ1) is 14.5. The van der Waals surface area contributed by atoms with E-state index in [9.17, 15) is 4.79 Å². The van der Waals surface area contributed by atoms with Gasteiger partial charge in [0.15, 0.2) is 5.13 Å². The lowest BCUT2D eigenvalue weighted by atomic mass is 10.0. The molecule has 2 heterocycles. The van der Waals surface area contributed by atoms with Crippen LogP contribution in [-0.4, -0.2) is 27.0 Å². The van der Waals surface area contributed by atoms with Gasteiger partial charge in [-0.25, -0.2) is 9.97 Å². The molecule has 0 aliphatic heterocycles. The summed E-state index contributed by atoms with van der Waals surface area (Å²) in [6.45, 7) is 5.49. The Morgan fingerprint density at radius 3 is 2.77 bits per heavy atom. The van der Waals surface area contributed by atoms with Crippen molar-refractivity contribution in [2.75, 3.05) is 11.4 Å². The molecular formula is C23H24Cl2N4OS. The van der Waals surface area contributed by atoms with Crippen LogP contribution in [-0.2, 0) is 17.8 Å². The van der Waals surface area contributed by atoms with E-state index in [2.05, 4.69) is 31.0 Å². The summed E-state index contributed by atoms with van der Waals surface area (Å²) in [7, 11) is 0. The van der Waals surface area contributed by atoms with Crippen molar-refractivity contribution in [3.63, 3.8) is 0 Å². The van der Waals surface area contributed by atoms with Gasteiger partial charge in [0.2, 0.25) is 5.91 Å². The monoisotopic (exact) mass is 474 g/mol. The number of halogens is 2. The van der Waals surface area contributed by atoms with E-state index in [1.165, 1.54) is 16.9 Å². The van der Waals surface area contributed by atoms with E-state index in [1.54, 1.807) is 17.4 Å². The van der Waals surface area contributed by atoms with Crippen molar-refractivity contribution in [2.45, 2.75) is 33.2 Å². The quantitative estimate of drug-likeness (QED) is 0.337. The molecule has 0 bridgehead atoms. The second kappa shape index (κ2) is 10.3. The molecule has 0 radical (unpaired) electrons. The molecular weight excluding hydrogens is 451 g/mol. The minimum Gasteiger partial charge on any atom is -0.337 e. The first kappa shape index (κ1) is 23.3. The van der Waals surface area contributed by atoms with Crippen LogP contribution in [0.4, 0.5) is 5.13 Å². The van der Waals surface area contributed by atoms with Crippen LogP contribution in [0.1, 0.15) is 23.1 Å². The van der Waals surface area contributed by atoms with Crippen molar-refractivity contribution in [3.8, 4) is 0 Å². The first-order valence-corrected chi connectivity index (χ1v) is 11.1. The number of fused-ring (bicyclic) bond motifs is 1. The van der Waals surface area contributed by atoms with Crippen LogP contribution in [0.25, 0.3) is 10.2 Å². The highest BCUT2D eigenvalue weighted by molar-refractivity contribution is 7.22. The largest absolute Gasteiger partial charge is 0.337 e. The lowest BCUT2D eigenvalue weighted by Gasteiger charge is -2.20. The number of imidazole rings is 1. The van der Waals surface area contributed by atoms with Crippen LogP contribution in [0.2, 0.25) is 5.02 Å². The Bertz CT molecular complexity index is 1170. The van der Waals surface area contributed by atoms with Crippen LogP contribution in [0.3, 0.4) is 0 Å². The van der Waals surface area contributed by atoms with Crippen molar-refractivity contribution in [2.24, 2.45) is 0 Å². The third kappa shape index (κ3) is 5.45. The molecule has 0 fully saturated rings. The molecule has 4 aromatic rings. The number of hydrogen-bond donors (Lipinski definition) is 0. The van der Waals surface area contributed by atoms with Gasteiger partial charge in [-0.15, -0.1) is 12.4 Å². The van der Waals surface area contributed by atoms with Gasteiger partial charge in [-0.3, -0.25) is 9.69 Å². The number of nitrogens with zero attached hydrogens (tertiary/aromatic N) is 4. The zero-order valence-electron chi connectivity index (χ0n) is 17.4. The molecule has 4 rings (SSSR count). The van der Waals surface area contributed by atoms with Crippen molar-refractivity contribution < 1.29 is 4.79 Å². The molecule has 0 N–H and O–H groups in total. The fraction of sp³-hybridized carbons (Fsp3) is 0.261. The summed E-state index contributed by atoms with van der Waals surface area (Å²) in [6, 6.07) is 11.9. The van der Waals surface area contributed by atoms with E-state index in [4.69, 9.17) is 16.6 Å². The van der Waals surface area contributed by atoms with Gasteiger partial charge in [0.05, 0.1) is 22.5 Å². The number of carbonyl (C=O) groups excluding carboxylic acids is 1. The summed E-state index contributed by atoms with van der Waals surface area (Å²) in [5, 5.41) is 1.30. The summed E-state index contributed by atoms with van der Waals surface area (Å²) in [4.78, 5) is 23.9. The van der Waals surface area contributed by atoms with Gasteiger partial charge in [-0.1, -0.05) is 52.8 Å². The predicted molar refractivity (Wildman–Crippen MR) is 131 cm³/mol. The fourth-order valence-corrected chi connectivity index (χ4v) is 4.79. The molecule has 31 heavy (non-hydrogen) atoms. The highest BCUT2D eigenvalue weighted by Crippen LogP contribution is 2.33. The standard InChI is InChI=1S/C23H23ClN4OS.ClH/c1-16-7-8-18(17(2)13-16)14-21(29)28(11-4-10-27-12-9-25-15-27)23-26-22-19(24)5-3-6-20(22)30-23;/h3,5-9,12-13,15H,4,10-11,14H2,1-2H3;1H. The van der Waals surface area contributed by atoms with Gasteiger partial charge in [-0.05, 0) is 43.5 Å². The Labute approximate surface area is 197 Å². The minimum atomic E-state index is 0. The molecule has 0 atom stereocenters. The van der Waals surface area contributed by atoms with E-state index in [0.717, 1.165) is 34.3 Å². The highest BCUT2D eigenvalue weighted by Gasteiger charge is 2.21. The minimum absolute atomic E-state index is 0. The average molecular weight is 475 g/mol. The fourth-order valence-electron chi connectivity index (χ4n) is 3.48. The molecule has 8 heteroatoms. The zero-order valence-corrected chi connectivity index (χ0v) is 19.8. The second-order valence-electron chi connectivity index (χ2n) is 7.39. The van der Waals surface area contributed by atoms with Crippen LogP contribution in [0.15, 0.2) is 55.1 Å². The van der Waals surface area contributed by atoms with Crippen LogP contribution < -0.4 is 4.90 Å². The van der Waals surface area contributed by atoms with Gasteiger partial charge >= 0.3 is 0 Å². The maximum Gasteiger partial charge on any atom is 0.233 e. The second-order valence-corrected chi connectivity index (χ2v) is 8.81. The van der Waals surface area contributed by atoms with E-state index < -0.39 is 0 Å². The molecule has 5 nitrogen and oxygen atoms in total. The van der Waals surface area contributed by atoms with E-state index in [1.807, 2.05) is 35.0 Å². The molecule has 2 aromatic carbocycles. The number of amides is 1. The van der Waals surface area contributed by atoms with E-state index >= 15 is 0 Å². The van der Waals surface area contributed by atoms with E-state index in [0.29, 0.717) is 23.1 Å². The highest BCUT2D eigenvalue weighted by atomic mass is 35.5. The van der Waals surface area contributed by atoms with Gasteiger partial charge in [0.25, 0.3) is 0 Å². The first-order valence-electron chi connectivity index (χ1n) is 9.88. The summed E-state index contributed by atoms with van der Waals surface area (Å²) in [5.74, 6) is 0.0442. The third-order valence-corrected chi connectivity index (χ3v) is 6.44. The third-order valence-electron chi connectivity index (χ3n) is 5.09. The smallest absolute Gasteiger partial charge is 0.233 e. The number of aromatic nitrogens is 3. The Morgan fingerprint density at radius 2 is 2.06 bits per heavy atom. The summed E-state index contributed by atoms with van der Waals surface area (Å²) < 4.78 is 3.00. The lowest BCUT2D eigenvalue weighted by molar-refractivity contribution is -0.118. The molecule has 0 aliphatic carbocycles. The summed E-state index contributed by atoms with van der Waals surface area (Å²) >= 11 is 7.83. The number of benzene rings is 2. The molecule has 0 unspecified atom stereocenters. The maximum absolute atomic E-state index is 13.3.